The first kappa shape index (κ1) is 18.4. The predicted molar refractivity (Wildman–Crippen MR) is 81.9 cm³/mol. The second-order valence-corrected chi connectivity index (χ2v) is 5.58. The van der Waals surface area contributed by atoms with Crippen LogP contribution in [0.2, 0.25) is 0 Å². The van der Waals surface area contributed by atoms with Crippen molar-refractivity contribution in [3.63, 3.8) is 0 Å². The predicted octanol–water partition coefficient (Wildman–Crippen LogP) is 2.65. The molecule has 4 heteroatoms. The standard InChI is InChI=1S/C15H33N3O/c1-7-10-16-11-9-15(19)17(12-8-2)18(13(3)4)14(5)6/h13-14,16H,7-12H2,1-6H3. The number of nitrogens with one attached hydrogen (secondary N) is 1. The third-order valence-electron chi connectivity index (χ3n) is 3.00. The lowest BCUT2D eigenvalue weighted by atomic mass is 10.2. The van der Waals surface area contributed by atoms with Gasteiger partial charge in [-0.25, -0.2) is 5.01 Å². The van der Waals surface area contributed by atoms with Crippen molar-refractivity contribution in [3.8, 4) is 0 Å². The SMILES string of the molecule is CCCNCCC(=O)N(CCC)N(C(C)C)C(C)C. The number of carbonyl (C=O) groups is 1. The quantitative estimate of drug-likeness (QED) is 0.490. The molecule has 1 N–H and O–H groups in total. The molecule has 114 valence electrons. The molecule has 1 amide bonds. The summed E-state index contributed by atoms with van der Waals surface area (Å²) in [5.41, 5.74) is 0. The van der Waals surface area contributed by atoms with Crippen LogP contribution >= 0.6 is 0 Å². The molecule has 0 radical (unpaired) electrons. The fourth-order valence-electron chi connectivity index (χ4n) is 2.36. The Morgan fingerprint density at radius 2 is 1.58 bits per heavy atom. The minimum Gasteiger partial charge on any atom is -0.316 e. The van der Waals surface area contributed by atoms with Crippen LogP contribution in [0.1, 0.15) is 60.8 Å². The first-order valence-electron chi connectivity index (χ1n) is 7.74. The van der Waals surface area contributed by atoms with Crippen molar-refractivity contribution in [1.82, 2.24) is 15.3 Å². The summed E-state index contributed by atoms with van der Waals surface area (Å²) in [6.45, 7) is 15.4. The van der Waals surface area contributed by atoms with E-state index in [0.717, 1.165) is 32.5 Å². The van der Waals surface area contributed by atoms with Crippen LogP contribution in [-0.2, 0) is 4.79 Å². The Hall–Kier alpha value is -0.610. The van der Waals surface area contributed by atoms with Crippen molar-refractivity contribution in [2.75, 3.05) is 19.6 Å². The van der Waals surface area contributed by atoms with Crippen molar-refractivity contribution < 1.29 is 4.79 Å². The van der Waals surface area contributed by atoms with Gasteiger partial charge in [0, 0.05) is 31.6 Å². The van der Waals surface area contributed by atoms with Crippen LogP contribution in [0.15, 0.2) is 0 Å². The van der Waals surface area contributed by atoms with E-state index in [2.05, 4.69) is 51.9 Å². The van der Waals surface area contributed by atoms with E-state index in [1.807, 2.05) is 5.01 Å². The molecule has 0 aromatic carbocycles. The highest BCUT2D eigenvalue weighted by Crippen LogP contribution is 2.12. The molecule has 4 nitrogen and oxygen atoms in total. The lowest BCUT2D eigenvalue weighted by molar-refractivity contribution is -0.157. The third-order valence-corrected chi connectivity index (χ3v) is 3.00. The molecule has 0 aliphatic heterocycles. The van der Waals surface area contributed by atoms with Gasteiger partial charge in [0.2, 0.25) is 5.91 Å². The molecule has 0 atom stereocenters. The smallest absolute Gasteiger partial charge is 0.238 e. The summed E-state index contributed by atoms with van der Waals surface area (Å²) in [7, 11) is 0. The number of amides is 1. The molecule has 0 aromatic heterocycles. The molecular weight excluding hydrogens is 238 g/mol. The highest BCUT2D eigenvalue weighted by atomic mass is 16.2. The van der Waals surface area contributed by atoms with Gasteiger partial charge >= 0.3 is 0 Å². The zero-order valence-electron chi connectivity index (χ0n) is 13.7. The van der Waals surface area contributed by atoms with Gasteiger partial charge in [0.15, 0.2) is 0 Å². The van der Waals surface area contributed by atoms with Crippen molar-refractivity contribution in [1.29, 1.82) is 0 Å². The zero-order valence-corrected chi connectivity index (χ0v) is 13.7. The molecule has 0 aliphatic rings. The largest absolute Gasteiger partial charge is 0.316 e. The Morgan fingerprint density at radius 1 is 1.00 bits per heavy atom. The van der Waals surface area contributed by atoms with Crippen LogP contribution < -0.4 is 5.32 Å². The Labute approximate surface area is 119 Å². The van der Waals surface area contributed by atoms with Crippen LogP contribution in [0, 0.1) is 0 Å². The van der Waals surface area contributed by atoms with E-state index in [0.29, 0.717) is 18.5 Å². The third kappa shape index (κ3) is 6.92. The highest BCUT2D eigenvalue weighted by molar-refractivity contribution is 5.75. The number of hydrogen-bond acceptors (Lipinski definition) is 3. The molecule has 0 spiro atoms. The minimum absolute atomic E-state index is 0.229. The van der Waals surface area contributed by atoms with E-state index in [1.54, 1.807) is 0 Å². The number of nitrogens with zero attached hydrogens (tertiary/aromatic N) is 2. The molecule has 0 fully saturated rings. The van der Waals surface area contributed by atoms with E-state index < -0.39 is 0 Å². The monoisotopic (exact) mass is 271 g/mol. The maximum absolute atomic E-state index is 12.4. The second kappa shape index (κ2) is 10.2. The van der Waals surface area contributed by atoms with Gasteiger partial charge in [-0.2, -0.15) is 0 Å². The van der Waals surface area contributed by atoms with E-state index in [1.165, 1.54) is 0 Å². The van der Waals surface area contributed by atoms with E-state index in [9.17, 15) is 4.79 Å². The second-order valence-electron chi connectivity index (χ2n) is 5.58. The summed E-state index contributed by atoms with van der Waals surface area (Å²) in [6, 6.07) is 0.693. The molecule has 0 heterocycles. The van der Waals surface area contributed by atoms with Gasteiger partial charge in [-0.1, -0.05) is 13.8 Å². The molecule has 0 saturated carbocycles. The van der Waals surface area contributed by atoms with Gasteiger partial charge in [0.25, 0.3) is 0 Å². The number of carbonyl (C=O) groups excluding carboxylic acids is 1. The molecule has 0 saturated heterocycles. The number of rotatable bonds is 10. The summed E-state index contributed by atoms with van der Waals surface area (Å²) in [4.78, 5) is 12.4. The normalized spacial score (nSPS) is 11.6. The first-order valence-corrected chi connectivity index (χ1v) is 7.74. The first-order chi connectivity index (χ1) is 8.95. The van der Waals surface area contributed by atoms with Gasteiger partial charge in [-0.05, 0) is 47.1 Å². The van der Waals surface area contributed by atoms with Gasteiger partial charge in [0.05, 0.1) is 0 Å². The fourth-order valence-corrected chi connectivity index (χ4v) is 2.36. The summed E-state index contributed by atoms with van der Waals surface area (Å²) in [6.07, 6.45) is 2.68. The van der Waals surface area contributed by atoms with E-state index in [-0.39, 0.29) is 5.91 Å². The van der Waals surface area contributed by atoms with Crippen LogP contribution in [0.5, 0.6) is 0 Å². The van der Waals surface area contributed by atoms with Crippen LogP contribution in [0.25, 0.3) is 0 Å². The van der Waals surface area contributed by atoms with Gasteiger partial charge in [-0.3, -0.25) is 9.80 Å². The number of hydrazine groups is 1. The Bertz CT molecular complexity index is 234. The topological polar surface area (TPSA) is 35.6 Å². The average Bonchev–Trinajstić information content (AvgIpc) is 2.33. The molecule has 0 unspecified atom stereocenters. The summed E-state index contributed by atoms with van der Waals surface area (Å²) in [5, 5.41) is 7.44. The Balaban J connectivity index is 4.54. The van der Waals surface area contributed by atoms with Crippen molar-refractivity contribution >= 4 is 5.91 Å². The summed E-state index contributed by atoms with van der Waals surface area (Å²) >= 11 is 0. The highest BCUT2D eigenvalue weighted by Gasteiger charge is 2.24. The van der Waals surface area contributed by atoms with Crippen molar-refractivity contribution in [2.45, 2.75) is 72.9 Å². The summed E-state index contributed by atoms with van der Waals surface area (Å²) < 4.78 is 0. The average molecular weight is 271 g/mol. The zero-order chi connectivity index (χ0) is 14.8. The van der Waals surface area contributed by atoms with Crippen LogP contribution in [-0.4, -0.2) is 47.6 Å². The molecule has 19 heavy (non-hydrogen) atoms. The lowest BCUT2D eigenvalue weighted by Gasteiger charge is -2.40. The molecular formula is C15H33N3O. The minimum atomic E-state index is 0.229. The van der Waals surface area contributed by atoms with E-state index >= 15 is 0 Å². The number of hydrogen-bond donors (Lipinski definition) is 1. The molecule has 0 aliphatic carbocycles. The summed E-state index contributed by atoms with van der Waals surface area (Å²) in [5.74, 6) is 0.229. The van der Waals surface area contributed by atoms with Crippen molar-refractivity contribution in [2.24, 2.45) is 0 Å². The molecule has 0 bridgehead atoms. The van der Waals surface area contributed by atoms with Gasteiger partial charge in [-0.15, -0.1) is 0 Å². The van der Waals surface area contributed by atoms with E-state index in [4.69, 9.17) is 0 Å². The maximum Gasteiger partial charge on any atom is 0.238 e. The molecule has 0 aromatic rings. The lowest BCUT2D eigenvalue weighted by Crippen LogP contribution is -2.53. The Morgan fingerprint density at radius 3 is 2.00 bits per heavy atom. The van der Waals surface area contributed by atoms with Crippen molar-refractivity contribution in [3.05, 3.63) is 0 Å². The maximum atomic E-state index is 12.4. The molecule has 0 rings (SSSR count). The van der Waals surface area contributed by atoms with Gasteiger partial charge < -0.3 is 5.32 Å². The Kier molecular flexibility index (Phi) is 9.88. The van der Waals surface area contributed by atoms with Crippen LogP contribution in [0.3, 0.4) is 0 Å². The van der Waals surface area contributed by atoms with Crippen LogP contribution in [0.4, 0.5) is 0 Å². The fraction of sp³-hybridized carbons (Fsp3) is 0.933. The van der Waals surface area contributed by atoms with Gasteiger partial charge in [0.1, 0.15) is 0 Å².